The molecule has 0 saturated heterocycles. The molecule has 0 amide bonds. The first-order valence-electron chi connectivity index (χ1n) is 5.30. The summed E-state index contributed by atoms with van der Waals surface area (Å²) in [6, 6.07) is 7.66. The zero-order valence-electron chi connectivity index (χ0n) is 9.16. The second-order valence-electron chi connectivity index (χ2n) is 4.61. The predicted molar refractivity (Wildman–Crippen MR) is 59.1 cm³/mol. The molecule has 0 aromatic heterocycles. The van der Waals surface area contributed by atoms with E-state index in [9.17, 15) is 4.79 Å². The topological polar surface area (TPSA) is 61.1 Å². The maximum Gasteiger partial charge on any atom is 0.304 e. The number of rotatable bonds is 2. The number of fused-ring (bicyclic) bond motifs is 1. The van der Waals surface area contributed by atoms with Crippen LogP contribution in [-0.4, -0.2) is 11.1 Å². The van der Waals surface area contributed by atoms with Crippen LogP contribution in [0.2, 0.25) is 0 Å². The molecule has 1 aliphatic carbocycles. The summed E-state index contributed by atoms with van der Waals surface area (Å²) in [5.41, 5.74) is 2.60. The summed E-state index contributed by atoms with van der Waals surface area (Å²) in [6.07, 6.45) is 1.88. The second kappa shape index (κ2) is 3.64. The van der Waals surface area contributed by atoms with Gasteiger partial charge in [-0.15, -0.1) is 0 Å². The van der Waals surface area contributed by atoms with Crippen molar-refractivity contribution in [3.63, 3.8) is 0 Å². The van der Waals surface area contributed by atoms with Gasteiger partial charge in [0, 0.05) is 5.41 Å². The number of hydrogen-bond acceptors (Lipinski definition) is 2. The van der Waals surface area contributed by atoms with Crippen LogP contribution in [0.1, 0.15) is 36.5 Å². The molecule has 1 unspecified atom stereocenters. The van der Waals surface area contributed by atoms with Crippen molar-refractivity contribution in [2.24, 2.45) is 0 Å². The second-order valence-corrected chi connectivity index (χ2v) is 4.61. The molecule has 0 fully saturated rings. The average Bonchev–Trinajstić information content (AvgIpc) is 2.55. The van der Waals surface area contributed by atoms with Crippen LogP contribution in [0.3, 0.4) is 0 Å². The van der Waals surface area contributed by atoms with Crippen LogP contribution < -0.4 is 0 Å². The highest BCUT2D eigenvalue weighted by atomic mass is 16.4. The lowest BCUT2D eigenvalue weighted by molar-refractivity contribution is -0.138. The lowest BCUT2D eigenvalue weighted by Crippen LogP contribution is -2.22. The molecule has 16 heavy (non-hydrogen) atoms. The van der Waals surface area contributed by atoms with Gasteiger partial charge in [0.15, 0.2) is 0 Å². The van der Waals surface area contributed by atoms with Crippen molar-refractivity contribution in [2.45, 2.75) is 31.6 Å². The zero-order valence-corrected chi connectivity index (χ0v) is 9.16. The minimum Gasteiger partial charge on any atom is -0.481 e. The Morgan fingerprint density at radius 3 is 3.00 bits per heavy atom. The van der Waals surface area contributed by atoms with E-state index in [2.05, 4.69) is 6.07 Å². The van der Waals surface area contributed by atoms with Gasteiger partial charge in [0.1, 0.15) is 0 Å². The fraction of sp³-hybridized carbons (Fsp3) is 0.385. The number of aryl methyl sites for hydroxylation is 1. The fourth-order valence-electron chi connectivity index (χ4n) is 2.52. The van der Waals surface area contributed by atoms with Crippen LogP contribution in [-0.2, 0) is 16.6 Å². The fourth-order valence-corrected chi connectivity index (χ4v) is 2.52. The molecule has 0 heterocycles. The molecule has 1 N–H and O–H groups in total. The van der Waals surface area contributed by atoms with Crippen molar-refractivity contribution in [3.8, 4) is 6.07 Å². The average molecular weight is 215 g/mol. The number of carboxylic acids is 1. The van der Waals surface area contributed by atoms with Crippen molar-refractivity contribution in [3.05, 3.63) is 34.9 Å². The Morgan fingerprint density at radius 1 is 1.62 bits per heavy atom. The Morgan fingerprint density at radius 2 is 2.38 bits per heavy atom. The van der Waals surface area contributed by atoms with Gasteiger partial charge in [0.25, 0.3) is 0 Å². The monoisotopic (exact) mass is 215 g/mol. The van der Waals surface area contributed by atoms with Crippen LogP contribution in [0.25, 0.3) is 0 Å². The van der Waals surface area contributed by atoms with Crippen LogP contribution in [0.15, 0.2) is 18.2 Å². The number of benzene rings is 1. The van der Waals surface area contributed by atoms with Gasteiger partial charge in [-0.3, -0.25) is 4.79 Å². The minimum atomic E-state index is -0.764. The lowest BCUT2D eigenvalue weighted by Gasteiger charge is -2.23. The van der Waals surface area contributed by atoms with Crippen LogP contribution in [0.5, 0.6) is 0 Å². The third kappa shape index (κ3) is 1.67. The quantitative estimate of drug-likeness (QED) is 0.822. The zero-order chi connectivity index (χ0) is 11.8. The van der Waals surface area contributed by atoms with E-state index < -0.39 is 5.97 Å². The first kappa shape index (κ1) is 10.7. The van der Waals surface area contributed by atoms with Gasteiger partial charge < -0.3 is 5.11 Å². The first-order chi connectivity index (χ1) is 7.55. The Balaban J connectivity index is 2.41. The maximum absolute atomic E-state index is 10.8. The first-order valence-corrected chi connectivity index (χ1v) is 5.30. The predicted octanol–water partition coefficient (Wildman–Crippen LogP) is 2.24. The molecule has 0 spiro atoms. The third-order valence-electron chi connectivity index (χ3n) is 3.37. The Hall–Kier alpha value is -1.82. The molecule has 3 heteroatoms. The molecular weight excluding hydrogens is 202 g/mol. The summed E-state index contributed by atoms with van der Waals surface area (Å²) >= 11 is 0. The molecule has 82 valence electrons. The van der Waals surface area contributed by atoms with E-state index in [0.29, 0.717) is 5.56 Å². The highest BCUT2D eigenvalue weighted by Gasteiger charge is 2.36. The van der Waals surface area contributed by atoms with Crippen LogP contribution >= 0.6 is 0 Å². The molecule has 1 aromatic carbocycles. The summed E-state index contributed by atoms with van der Waals surface area (Å²) in [6.45, 7) is 1.99. The highest BCUT2D eigenvalue weighted by molar-refractivity contribution is 5.69. The highest BCUT2D eigenvalue weighted by Crippen LogP contribution is 2.41. The Labute approximate surface area is 94.3 Å². The van der Waals surface area contributed by atoms with Gasteiger partial charge in [-0.2, -0.15) is 5.26 Å². The summed E-state index contributed by atoms with van der Waals surface area (Å²) < 4.78 is 0. The van der Waals surface area contributed by atoms with Crippen molar-refractivity contribution < 1.29 is 9.90 Å². The molecule has 1 atom stereocenters. The molecule has 2 rings (SSSR count). The van der Waals surface area contributed by atoms with E-state index in [4.69, 9.17) is 10.4 Å². The summed E-state index contributed by atoms with van der Waals surface area (Å²) in [5.74, 6) is -0.764. The number of nitrogens with zero attached hydrogens (tertiary/aromatic N) is 1. The number of nitriles is 1. The van der Waals surface area contributed by atoms with E-state index in [1.807, 2.05) is 19.1 Å². The normalized spacial score (nSPS) is 22.5. The van der Waals surface area contributed by atoms with Gasteiger partial charge in [0.05, 0.1) is 18.1 Å². The number of carbonyl (C=O) groups is 1. The van der Waals surface area contributed by atoms with E-state index in [-0.39, 0.29) is 11.8 Å². The largest absolute Gasteiger partial charge is 0.481 e. The molecular formula is C13H13NO2. The van der Waals surface area contributed by atoms with Crippen LogP contribution in [0, 0.1) is 11.3 Å². The van der Waals surface area contributed by atoms with Crippen molar-refractivity contribution in [1.82, 2.24) is 0 Å². The van der Waals surface area contributed by atoms with Gasteiger partial charge in [0.2, 0.25) is 0 Å². The summed E-state index contributed by atoms with van der Waals surface area (Å²) in [5, 5.41) is 17.7. The van der Waals surface area contributed by atoms with Gasteiger partial charge in [-0.1, -0.05) is 13.0 Å². The molecule has 1 aromatic rings. The van der Waals surface area contributed by atoms with Crippen LogP contribution in [0.4, 0.5) is 0 Å². The van der Waals surface area contributed by atoms with Crippen molar-refractivity contribution >= 4 is 5.97 Å². The lowest BCUT2D eigenvalue weighted by atomic mass is 9.81. The molecule has 0 saturated carbocycles. The number of carboxylic acid groups (broad SMARTS) is 1. The van der Waals surface area contributed by atoms with E-state index in [1.165, 1.54) is 0 Å². The molecule has 1 aliphatic rings. The number of aliphatic carboxylic acids is 1. The van der Waals surface area contributed by atoms with Gasteiger partial charge in [-0.05, 0) is 36.1 Å². The Bertz CT molecular complexity index is 487. The molecule has 0 bridgehead atoms. The van der Waals surface area contributed by atoms with E-state index in [1.54, 1.807) is 6.07 Å². The smallest absolute Gasteiger partial charge is 0.304 e. The summed E-state index contributed by atoms with van der Waals surface area (Å²) in [4.78, 5) is 10.8. The van der Waals surface area contributed by atoms with E-state index in [0.717, 1.165) is 24.0 Å². The SMILES string of the molecule is CC1(CC(=O)O)CCc2cc(C#N)ccc21. The van der Waals surface area contributed by atoms with E-state index >= 15 is 0 Å². The third-order valence-corrected chi connectivity index (χ3v) is 3.37. The van der Waals surface area contributed by atoms with Crippen molar-refractivity contribution in [2.75, 3.05) is 0 Å². The minimum absolute atomic E-state index is 0.159. The Kier molecular flexibility index (Phi) is 2.43. The number of hydrogen-bond donors (Lipinski definition) is 1. The maximum atomic E-state index is 10.8. The standard InChI is InChI=1S/C13H13NO2/c1-13(7-12(15)16)5-4-10-6-9(8-14)2-3-11(10)13/h2-3,6H,4-5,7H2,1H3,(H,15,16). The molecule has 3 nitrogen and oxygen atoms in total. The molecule has 0 radical (unpaired) electrons. The van der Waals surface area contributed by atoms with Gasteiger partial charge in [-0.25, -0.2) is 0 Å². The van der Waals surface area contributed by atoms with Gasteiger partial charge >= 0.3 is 5.97 Å². The van der Waals surface area contributed by atoms with Crippen molar-refractivity contribution in [1.29, 1.82) is 5.26 Å². The molecule has 0 aliphatic heterocycles. The summed E-state index contributed by atoms with van der Waals surface area (Å²) in [7, 11) is 0.